The highest BCUT2D eigenvalue weighted by Gasteiger charge is 2.02. The summed E-state index contributed by atoms with van der Waals surface area (Å²) >= 11 is 12.7. The first-order valence-electron chi connectivity index (χ1n) is 4.97. The molecule has 0 aliphatic heterocycles. The molecule has 0 spiro atoms. The Labute approximate surface area is 122 Å². The van der Waals surface area contributed by atoms with E-state index in [1.54, 1.807) is 12.1 Å². The Bertz CT molecular complexity index is 511. The van der Waals surface area contributed by atoms with Gasteiger partial charge >= 0.3 is 0 Å². The third kappa shape index (κ3) is 3.47. The molecule has 2 rings (SSSR count). The highest BCUT2D eigenvalue weighted by Crippen LogP contribution is 2.28. The largest absolute Gasteiger partial charge is 0.457 e. The van der Waals surface area contributed by atoms with Gasteiger partial charge in [-0.2, -0.15) is 0 Å². The fraction of sp³-hybridized carbons (Fsp3) is 0.0769. The number of hydrogen-bond acceptors (Lipinski definition) is 1. The van der Waals surface area contributed by atoms with Gasteiger partial charge in [-0.1, -0.05) is 49.5 Å². The summed E-state index contributed by atoms with van der Waals surface area (Å²) < 4.78 is 6.74. The summed E-state index contributed by atoms with van der Waals surface area (Å²) in [7, 11) is 0. The summed E-state index contributed by atoms with van der Waals surface area (Å²) in [5.74, 6) is 1.57. The maximum Gasteiger partial charge on any atom is 0.128 e. The van der Waals surface area contributed by atoms with Gasteiger partial charge in [0.15, 0.2) is 0 Å². The van der Waals surface area contributed by atoms with Gasteiger partial charge in [0.25, 0.3) is 0 Å². The Balaban J connectivity index is 2.19. The van der Waals surface area contributed by atoms with E-state index in [0.717, 1.165) is 21.3 Å². The van der Waals surface area contributed by atoms with E-state index in [1.165, 1.54) is 5.56 Å². The monoisotopic (exact) mass is 374 g/mol. The smallest absolute Gasteiger partial charge is 0.128 e. The van der Waals surface area contributed by atoms with Gasteiger partial charge < -0.3 is 4.74 Å². The number of benzene rings is 2. The lowest BCUT2D eigenvalue weighted by molar-refractivity contribution is 0.482. The van der Waals surface area contributed by atoms with E-state index >= 15 is 0 Å². The number of hydrogen-bond donors (Lipinski definition) is 0. The fourth-order valence-electron chi connectivity index (χ4n) is 1.34. The molecule has 88 valence electrons. The second-order valence-electron chi connectivity index (χ2n) is 3.44. The SMILES string of the molecule is Clc1ccc(Oc2ccc(CBr)c(Br)c2)cc1. The van der Waals surface area contributed by atoms with Crippen molar-refractivity contribution in [3.63, 3.8) is 0 Å². The van der Waals surface area contributed by atoms with E-state index in [-0.39, 0.29) is 0 Å². The summed E-state index contributed by atoms with van der Waals surface area (Å²) in [5, 5.41) is 1.52. The van der Waals surface area contributed by atoms with Crippen molar-refractivity contribution in [2.24, 2.45) is 0 Å². The summed E-state index contributed by atoms with van der Waals surface area (Å²) in [4.78, 5) is 0. The van der Waals surface area contributed by atoms with Crippen LogP contribution < -0.4 is 4.74 Å². The Kier molecular flexibility index (Phi) is 4.48. The van der Waals surface area contributed by atoms with E-state index in [2.05, 4.69) is 31.9 Å². The van der Waals surface area contributed by atoms with Crippen LogP contribution in [0, 0.1) is 0 Å². The quantitative estimate of drug-likeness (QED) is 0.616. The van der Waals surface area contributed by atoms with Gasteiger partial charge in [-0.3, -0.25) is 0 Å². The van der Waals surface area contributed by atoms with Crippen LogP contribution in [0.25, 0.3) is 0 Å². The molecule has 0 aromatic heterocycles. The molecule has 0 aliphatic carbocycles. The van der Waals surface area contributed by atoms with Crippen LogP contribution in [-0.2, 0) is 5.33 Å². The molecule has 0 aliphatic rings. The van der Waals surface area contributed by atoms with Gasteiger partial charge in [0.1, 0.15) is 11.5 Å². The van der Waals surface area contributed by atoms with Gasteiger partial charge in [-0.05, 0) is 42.0 Å². The van der Waals surface area contributed by atoms with Crippen LogP contribution in [-0.4, -0.2) is 0 Å². The van der Waals surface area contributed by atoms with Crippen molar-refractivity contribution in [1.82, 2.24) is 0 Å². The van der Waals surface area contributed by atoms with E-state index in [4.69, 9.17) is 16.3 Å². The predicted octanol–water partition coefficient (Wildman–Crippen LogP) is 5.79. The molecule has 0 fully saturated rings. The maximum atomic E-state index is 5.81. The average Bonchev–Trinajstić information content (AvgIpc) is 2.32. The standard InChI is InChI=1S/C13H9Br2ClO/c14-8-9-1-4-12(7-13(9)15)17-11-5-2-10(16)3-6-11/h1-7H,8H2. The van der Waals surface area contributed by atoms with Gasteiger partial charge in [0.2, 0.25) is 0 Å². The van der Waals surface area contributed by atoms with Crippen molar-refractivity contribution < 1.29 is 4.74 Å². The zero-order valence-electron chi connectivity index (χ0n) is 8.79. The first-order valence-corrected chi connectivity index (χ1v) is 7.26. The van der Waals surface area contributed by atoms with Crippen LogP contribution in [0.1, 0.15) is 5.56 Å². The molecule has 0 radical (unpaired) electrons. The molecule has 2 aromatic rings. The van der Waals surface area contributed by atoms with Crippen LogP contribution >= 0.6 is 43.5 Å². The third-order valence-corrected chi connectivity index (χ3v) is 3.81. The highest BCUT2D eigenvalue weighted by molar-refractivity contribution is 9.10. The molecule has 0 saturated heterocycles. The van der Waals surface area contributed by atoms with Crippen molar-refractivity contribution in [2.45, 2.75) is 5.33 Å². The van der Waals surface area contributed by atoms with Crippen molar-refractivity contribution in [3.8, 4) is 11.5 Å². The van der Waals surface area contributed by atoms with Gasteiger partial charge in [-0.25, -0.2) is 0 Å². The van der Waals surface area contributed by atoms with Crippen molar-refractivity contribution in [3.05, 3.63) is 57.5 Å². The van der Waals surface area contributed by atoms with Crippen molar-refractivity contribution >= 4 is 43.5 Å². The summed E-state index contributed by atoms with van der Waals surface area (Å²) in [6, 6.07) is 13.2. The minimum absolute atomic E-state index is 0.702. The molecular formula is C13H9Br2ClO. The minimum Gasteiger partial charge on any atom is -0.457 e. The highest BCUT2D eigenvalue weighted by atomic mass is 79.9. The zero-order chi connectivity index (χ0) is 12.3. The Morgan fingerprint density at radius 1 is 1.00 bits per heavy atom. The summed E-state index contributed by atoms with van der Waals surface area (Å²) in [5.41, 5.74) is 1.19. The predicted molar refractivity (Wildman–Crippen MR) is 78.3 cm³/mol. The lowest BCUT2D eigenvalue weighted by Gasteiger charge is -2.07. The van der Waals surface area contributed by atoms with Crippen molar-refractivity contribution in [1.29, 1.82) is 0 Å². The van der Waals surface area contributed by atoms with E-state index in [9.17, 15) is 0 Å². The number of alkyl halides is 1. The zero-order valence-corrected chi connectivity index (χ0v) is 12.7. The summed E-state index contributed by atoms with van der Waals surface area (Å²) in [6.07, 6.45) is 0. The van der Waals surface area contributed by atoms with Crippen LogP contribution in [0.15, 0.2) is 46.9 Å². The topological polar surface area (TPSA) is 9.23 Å². The van der Waals surface area contributed by atoms with Crippen LogP contribution in [0.5, 0.6) is 11.5 Å². The molecule has 4 heteroatoms. The van der Waals surface area contributed by atoms with Crippen LogP contribution in [0.4, 0.5) is 0 Å². The molecule has 0 saturated carbocycles. The molecule has 0 unspecified atom stereocenters. The van der Waals surface area contributed by atoms with Crippen molar-refractivity contribution in [2.75, 3.05) is 0 Å². The van der Waals surface area contributed by atoms with E-state index in [0.29, 0.717) is 5.02 Å². The first-order chi connectivity index (χ1) is 8.19. The third-order valence-electron chi connectivity index (χ3n) is 2.22. The van der Waals surface area contributed by atoms with Crippen LogP contribution in [0.3, 0.4) is 0 Å². The number of halogens is 3. The van der Waals surface area contributed by atoms with Crippen LogP contribution in [0.2, 0.25) is 5.02 Å². The van der Waals surface area contributed by atoms with Gasteiger partial charge in [-0.15, -0.1) is 0 Å². The lowest BCUT2D eigenvalue weighted by Crippen LogP contribution is -1.86. The molecule has 0 bridgehead atoms. The normalized spacial score (nSPS) is 10.3. The Morgan fingerprint density at radius 2 is 1.65 bits per heavy atom. The second kappa shape index (κ2) is 5.89. The molecule has 0 heterocycles. The average molecular weight is 376 g/mol. The van der Waals surface area contributed by atoms with Gasteiger partial charge in [0, 0.05) is 14.8 Å². The second-order valence-corrected chi connectivity index (χ2v) is 5.29. The van der Waals surface area contributed by atoms with Gasteiger partial charge in [0.05, 0.1) is 0 Å². The van der Waals surface area contributed by atoms with E-state index in [1.807, 2.05) is 30.3 Å². The Hall–Kier alpha value is -0.510. The lowest BCUT2D eigenvalue weighted by atomic mass is 10.2. The fourth-order valence-corrected chi connectivity index (χ4v) is 2.83. The summed E-state index contributed by atoms with van der Waals surface area (Å²) in [6.45, 7) is 0. The number of ether oxygens (including phenoxy) is 1. The number of rotatable bonds is 3. The minimum atomic E-state index is 0.702. The molecule has 0 N–H and O–H groups in total. The molecule has 0 amide bonds. The molecule has 0 atom stereocenters. The van der Waals surface area contributed by atoms with E-state index < -0.39 is 0 Å². The Morgan fingerprint density at radius 3 is 2.24 bits per heavy atom. The molecule has 1 nitrogen and oxygen atoms in total. The maximum absolute atomic E-state index is 5.81. The molecule has 2 aromatic carbocycles. The molecule has 17 heavy (non-hydrogen) atoms. The first kappa shape index (κ1) is 12.9. The molecular weight excluding hydrogens is 367 g/mol.